The molecule has 1 unspecified atom stereocenters. The van der Waals surface area contributed by atoms with Crippen LogP contribution in [0.25, 0.3) is 0 Å². The number of rotatable bonds is 8. The van der Waals surface area contributed by atoms with Crippen molar-refractivity contribution in [2.45, 2.75) is 33.0 Å². The van der Waals surface area contributed by atoms with Gasteiger partial charge in [-0.05, 0) is 29.7 Å². The van der Waals surface area contributed by atoms with Crippen molar-refractivity contribution < 1.29 is 19.1 Å². The van der Waals surface area contributed by atoms with E-state index < -0.39 is 0 Å². The first-order chi connectivity index (χ1) is 15.0. The van der Waals surface area contributed by atoms with Gasteiger partial charge >= 0.3 is 0 Å². The second kappa shape index (κ2) is 11.0. The molecule has 1 fully saturated rings. The van der Waals surface area contributed by atoms with Crippen molar-refractivity contribution in [2.24, 2.45) is 5.92 Å². The third-order valence-electron chi connectivity index (χ3n) is 5.47. The van der Waals surface area contributed by atoms with Crippen LogP contribution in [-0.2, 0) is 27.4 Å². The second-order valence-electron chi connectivity index (χ2n) is 8.23. The van der Waals surface area contributed by atoms with E-state index in [0.717, 1.165) is 17.7 Å². The molecule has 0 spiro atoms. The van der Waals surface area contributed by atoms with Gasteiger partial charge in [-0.1, -0.05) is 56.3 Å². The Hall–Kier alpha value is -2.86. The Morgan fingerprint density at radius 3 is 2.52 bits per heavy atom. The maximum absolute atomic E-state index is 12.9. The smallest absolute Gasteiger partial charge is 0.242 e. The molecular weight excluding hydrogens is 392 g/mol. The molecule has 2 aromatic carbocycles. The molecule has 0 saturated carbocycles. The van der Waals surface area contributed by atoms with Crippen LogP contribution in [0.4, 0.5) is 0 Å². The van der Waals surface area contributed by atoms with E-state index in [1.165, 1.54) is 5.56 Å². The van der Waals surface area contributed by atoms with E-state index in [4.69, 9.17) is 9.47 Å². The summed E-state index contributed by atoms with van der Waals surface area (Å²) in [7, 11) is 1.64. The van der Waals surface area contributed by atoms with Crippen molar-refractivity contribution in [3.05, 3.63) is 65.7 Å². The van der Waals surface area contributed by atoms with E-state index in [1.807, 2.05) is 61.2 Å². The minimum Gasteiger partial charge on any atom is -0.497 e. The topological polar surface area (TPSA) is 59.1 Å². The zero-order chi connectivity index (χ0) is 22.2. The highest BCUT2D eigenvalue weighted by Crippen LogP contribution is 2.17. The van der Waals surface area contributed by atoms with Gasteiger partial charge in [0.05, 0.1) is 26.4 Å². The fourth-order valence-corrected chi connectivity index (χ4v) is 3.72. The third kappa shape index (κ3) is 6.56. The molecule has 0 aromatic heterocycles. The van der Waals surface area contributed by atoms with Crippen LogP contribution < -0.4 is 4.74 Å². The molecule has 2 aromatic rings. The van der Waals surface area contributed by atoms with Gasteiger partial charge in [-0.3, -0.25) is 9.59 Å². The molecule has 0 aliphatic carbocycles. The van der Waals surface area contributed by atoms with Crippen LogP contribution in [0.15, 0.2) is 54.6 Å². The SMILES string of the molecule is COc1cccc(COC2CN(CCc3ccccc3)C(=O)CN(C(=O)C(C)C)C2)c1. The number of carbonyl (C=O) groups excluding carboxylic acids is 2. The Kier molecular flexibility index (Phi) is 8.06. The standard InChI is InChI=1S/C25H32N2O4/c1-19(2)25(29)27-16-23(31-18-21-10-7-11-22(14-21)30-3)15-26(24(28)17-27)13-12-20-8-5-4-6-9-20/h4-11,14,19,23H,12-13,15-18H2,1-3H3. The van der Waals surface area contributed by atoms with Crippen LogP contribution in [0.5, 0.6) is 5.75 Å². The molecule has 3 rings (SSSR count). The molecule has 1 saturated heterocycles. The normalized spacial score (nSPS) is 17.0. The summed E-state index contributed by atoms with van der Waals surface area (Å²) in [5.74, 6) is 0.562. The first kappa shape index (κ1) is 22.8. The molecule has 1 atom stereocenters. The first-order valence-corrected chi connectivity index (χ1v) is 10.8. The number of nitrogens with zero attached hydrogens (tertiary/aromatic N) is 2. The monoisotopic (exact) mass is 424 g/mol. The predicted molar refractivity (Wildman–Crippen MR) is 120 cm³/mol. The average molecular weight is 425 g/mol. The lowest BCUT2D eigenvalue weighted by Crippen LogP contribution is -2.41. The van der Waals surface area contributed by atoms with Gasteiger partial charge in [-0.15, -0.1) is 0 Å². The van der Waals surface area contributed by atoms with E-state index in [9.17, 15) is 9.59 Å². The molecule has 0 N–H and O–H groups in total. The molecule has 6 nitrogen and oxygen atoms in total. The van der Waals surface area contributed by atoms with Gasteiger partial charge in [0.1, 0.15) is 5.75 Å². The minimum absolute atomic E-state index is 0.0201. The number of benzene rings is 2. The van der Waals surface area contributed by atoms with Gasteiger partial charge in [-0.25, -0.2) is 0 Å². The van der Waals surface area contributed by atoms with Crippen LogP contribution in [0, 0.1) is 5.92 Å². The van der Waals surface area contributed by atoms with Gasteiger partial charge in [0.25, 0.3) is 0 Å². The zero-order valence-electron chi connectivity index (χ0n) is 18.6. The van der Waals surface area contributed by atoms with Gasteiger partial charge < -0.3 is 19.3 Å². The largest absolute Gasteiger partial charge is 0.497 e. The van der Waals surface area contributed by atoms with Crippen LogP contribution in [0.2, 0.25) is 0 Å². The Balaban J connectivity index is 1.70. The van der Waals surface area contributed by atoms with Gasteiger partial charge in [0.2, 0.25) is 11.8 Å². The Morgan fingerprint density at radius 2 is 1.81 bits per heavy atom. The van der Waals surface area contributed by atoms with Crippen molar-refractivity contribution in [1.82, 2.24) is 9.80 Å². The summed E-state index contributed by atoms with van der Waals surface area (Å²) >= 11 is 0. The molecule has 6 heteroatoms. The molecule has 2 amide bonds. The molecule has 166 valence electrons. The molecule has 0 bridgehead atoms. The lowest BCUT2D eigenvalue weighted by Gasteiger charge is -2.25. The molecule has 1 heterocycles. The second-order valence-corrected chi connectivity index (χ2v) is 8.23. The Morgan fingerprint density at radius 1 is 1.06 bits per heavy atom. The number of hydrogen-bond donors (Lipinski definition) is 0. The van der Waals surface area contributed by atoms with E-state index in [-0.39, 0.29) is 30.4 Å². The molecular formula is C25H32N2O4. The first-order valence-electron chi connectivity index (χ1n) is 10.8. The molecule has 31 heavy (non-hydrogen) atoms. The van der Waals surface area contributed by atoms with Gasteiger partial charge in [0, 0.05) is 25.6 Å². The minimum atomic E-state index is -0.254. The summed E-state index contributed by atoms with van der Waals surface area (Å²) in [6.45, 7) is 5.70. The maximum atomic E-state index is 12.9. The quantitative estimate of drug-likeness (QED) is 0.653. The highest BCUT2D eigenvalue weighted by molar-refractivity contribution is 5.86. The lowest BCUT2D eigenvalue weighted by atomic mass is 10.1. The number of methoxy groups -OCH3 is 1. The number of carbonyl (C=O) groups is 2. The predicted octanol–water partition coefficient (Wildman–Crippen LogP) is 3.15. The molecule has 0 radical (unpaired) electrons. The third-order valence-corrected chi connectivity index (χ3v) is 5.47. The molecule has 1 aliphatic heterocycles. The van der Waals surface area contributed by atoms with Crippen LogP contribution in [-0.4, -0.2) is 61.0 Å². The number of ether oxygens (including phenoxy) is 2. The maximum Gasteiger partial charge on any atom is 0.242 e. The van der Waals surface area contributed by atoms with Gasteiger partial charge in [0.15, 0.2) is 0 Å². The summed E-state index contributed by atoms with van der Waals surface area (Å²) < 4.78 is 11.5. The highest BCUT2D eigenvalue weighted by atomic mass is 16.5. The Labute approximate surface area is 184 Å². The summed E-state index contributed by atoms with van der Waals surface area (Å²) in [5, 5.41) is 0. The van der Waals surface area contributed by atoms with Crippen molar-refractivity contribution in [2.75, 3.05) is 33.3 Å². The van der Waals surface area contributed by atoms with E-state index in [2.05, 4.69) is 12.1 Å². The zero-order valence-corrected chi connectivity index (χ0v) is 18.6. The van der Waals surface area contributed by atoms with Crippen molar-refractivity contribution in [3.8, 4) is 5.75 Å². The lowest BCUT2D eigenvalue weighted by molar-refractivity contribution is -0.140. The van der Waals surface area contributed by atoms with Crippen molar-refractivity contribution in [1.29, 1.82) is 0 Å². The average Bonchev–Trinajstić information content (AvgIpc) is 2.95. The van der Waals surface area contributed by atoms with Crippen LogP contribution >= 0.6 is 0 Å². The summed E-state index contributed by atoms with van der Waals surface area (Å²) in [5.41, 5.74) is 2.18. The summed E-state index contributed by atoms with van der Waals surface area (Å²) in [6, 6.07) is 17.9. The van der Waals surface area contributed by atoms with Crippen LogP contribution in [0.1, 0.15) is 25.0 Å². The summed E-state index contributed by atoms with van der Waals surface area (Å²) in [6.07, 6.45) is 0.518. The number of amides is 2. The van der Waals surface area contributed by atoms with Gasteiger partial charge in [-0.2, -0.15) is 0 Å². The number of hydrogen-bond acceptors (Lipinski definition) is 4. The fraction of sp³-hybridized carbons (Fsp3) is 0.440. The molecule has 1 aliphatic rings. The fourth-order valence-electron chi connectivity index (χ4n) is 3.72. The highest BCUT2D eigenvalue weighted by Gasteiger charge is 2.31. The summed E-state index contributed by atoms with van der Waals surface area (Å²) in [4.78, 5) is 29.1. The van der Waals surface area contributed by atoms with E-state index >= 15 is 0 Å². The van der Waals surface area contributed by atoms with E-state index in [0.29, 0.717) is 26.2 Å². The van der Waals surface area contributed by atoms with Crippen molar-refractivity contribution in [3.63, 3.8) is 0 Å². The van der Waals surface area contributed by atoms with E-state index in [1.54, 1.807) is 12.0 Å². The van der Waals surface area contributed by atoms with Crippen LogP contribution in [0.3, 0.4) is 0 Å². The van der Waals surface area contributed by atoms with Crippen molar-refractivity contribution >= 4 is 11.8 Å². The Bertz CT molecular complexity index is 869.